The lowest BCUT2D eigenvalue weighted by molar-refractivity contribution is -0.117. The van der Waals surface area contributed by atoms with E-state index in [4.69, 9.17) is 0 Å². The van der Waals surface area contributed by atoms with Gasteiger partial charge in [-0.15, -0.1) is 0 Å². The summed E-state index contributed by atoms with van der Waals surface area (Å²) in [5.41, 5.74) is 0.889. The second kappa shape index (κ2) is 8.18. The van der Waals surface area contributed by atoms with Crippen LogP contribution in [0.25, 0.3) is 0 Å². The minimum atomic E-state index is -0.132. The standard InChI is InChI=1S/C19H29N3O2/c1-14(2)11-21(12-15(3)4)19(24)20-16-10-18(23)22(13-16)17-8-6-5-7-9-17/h5-9,14-16H,10-13H2,1-4H3,(H,20,24). The Hall–Kier alpha value is -2.04. The third kappa shape index (κ3) is 4.98. The molecule has 1 aliphatic heterocycles. The summed E-state index contributed by atoms with van der Waals surface area (Å²) in [7, 11) is 0. The third-order valence-electron chi connectivity index (χ3n) is 3.98. The molecule has 1 unspecified atom stereocenters. The largest absolute Gasteiger partial charge is 0.333 e. The van der Waals surface area contributed by atoms with E-state index in [9.17, 15) is 9.59 Å². The number of carbonyl (C=O) groups excluding carboxylic acids is 2. The first-order valence-corrected chi connectivity index (χ1v) is 8.77. The summed E-state index contributed by atoms with van der Waals surface area (Å²) in [6, 6.07) is 9.41. The second-order valence-corrected chi connectivity index (χ2v) is 7.38. The maximum atomic E-state index is 12.6. The van der Waals surface area contributed by atoms with Crippen LogP contribution in [0.5, 0.6) is 0 Å². The zero-order valence-corrected chi connectivity index (χ0v) is 15.2. The molecule has 3 amide bonds. The van der Waals surface area contributed by atoms with Gasteiger partial charge in [-0.1, -0.05) is 45.9 Å². The van der Waals surface area contributed by atoms with Crippen LogP contribution in [0, 0.1) is 11.8 Å². The Morgan fingerprint density at radius 3 is 2.29 bits per heavy atom. The minimum Gasteiger partial charge on any atom is -0.333 e. The molecule has 0 aliphatic carbocycles. The molecule has 1 heterocycles. The Morgan fingerprint density at radius 1 is 1.17 bits per heavy atom. The quantitative estimate of drug-likeness (QED) is 0.871. The molecule has 1 atom stereocenters. The van der Waals surface area contributed by atoms with Crippen LogP contribution in [-0.2, 0) is 4.79 Å². The maximum absolute atomic E-state index is 12.6. The lowest BCUT2D eigenvalue weighted by Gasteiger charge is -2.28. The fourth-order valence-corrected chi connectivity index (χ4v) is 3.05. The number of nitrogens with one attached hydrogen (secondary N) is 1. The van der Waals surface area contributed by atoms with Crippen molar-refractivity contribution in [2.24, 2.45) is 11.8 Å². The van der Waals surface area contributed by atoms with E-state index in [1.54, 1.807) is 4.90 Å². The Balaban J connectivity index is 1.97. The van der Waals surface area contributed by atoms with Gasteiger partial charge < -0.3 is 15.1 Å². The van der Waals surface area contributed by atoms with Gasteiger partial charge in [0.25, 0.3) is 0 Å². The molecular formula is C19H29N3O2. The highest BCUT2D eigenvalue weighted by atomic mass is 16.2. The summed E-state index contributed by atoms with van der Waals surface area (Å²) in [4.78, 5) is 28.5. The van der Waals surface area contributed by atoms with Gasteiger partial charge in [-0.25, -0.2) is 4.79 Å². The number of rotatable bonds is 6. The van der Waals surface area contributed by atoms with E-state index in [1.165, 1.54) is 0 Å². The molecule has 2 rings (SSSR count). The number of benzene rings is 1. The summed E-state index contributed by atoms with van der Waals surface area (Å²) in [5, 5.41) is 3.04. The van der Waals surface area contributed by atoms with Gasteiger partial charge in [0.1, 0.15) is 0 Å². The van der Waals surface area contributed by atoms with Crippen LogP contribution in [0.2, 0.25) is 0 Å². The van der Waals surface area contributed by atoms with Crippen LogP contribution in [0.15, 0.2) is 30.3 Å². The molecule has 0 radical (unpaired) electrons. The average molecular weight is 331 g/mol. The van der Waals surface area contributed by atoms with Crippen molar-refractivity contribution in [2.45, 2.75) is 40.2 Å². The fraction of sp³-hybridized carbons (Fsp3) is 0.579. The summed E-state index contributed by atoms with van der Waals surface area (Å²) in [6.45, 7) is 10.4. The first kappa shape index (κ1) is 18.3. The molecule has 1 aromatic rings. The summed E-state index contributed by atoms with van der Waals surface area (Å²) in [5.74, 6) is 0.895. The first-order valence-electron chi connectivity index (χ1n) is 8.77. The average Bonchev–Trinajstić information content (AvgIpc) is 2.87. The number of urea groups is 1. The molecule has 0 aromatic heterocycles. The van der Waals surface area contributed by atoms with Gasteiger partial charge in [-0.3, -0.25) is 4.79 Å². The SMILES string of the molecule is CC(C)CN(CC(C)C)C(=O)NC1CC(=O)N(c2ccccc2)C1. The summed E-state index contributed by atoms with van der Waals surface area (Å²) >= 11 is 0. The number of anilines is 1. The van der Waals surface area contributed by atoms with Gasteiger partial charge >= 0.3 is 6.03 Å². The van der Waals surface area contributed by atoms with Crippen LogP contribution < -0.4 is 10.2 Å². The monoisotopic (exact) mass is 331 g/mol. The molecule has 5 nitrogen and oxygen atoms in total. The third-order valence-corrected chi connectivity index (χ3v) is 3.98. The van der Waals surface area contributed by atoms with Crippen LogP contribution in [0.4, 0.5) is 10.5 Å². The second-order valence-electron chi connectivity index (χ2n) is 7.38. The van der Waals surface area contributed by atoms with Crippen molar-refractivity contribution in [3.63, 3.8) is 0 Å². The van der Waals surface area contributed by atoms with Crippen molar-refractivity contribution in [3.8, 4) is 0 Å². The van der Waals surface area contributed by atoms with Crippen molar-refractivity contribution in [1.29, 1.82) is 0 Å². The zero-order valence-electron chi connectivity index (χ0n) is 15.2. The van der Waals surface area contributed by atoms with Crippen molar-refractivity contribution in [2.75, 3.05) is 24.5 Å². The van der Waals surface area contributed by atoms with Crippen molar-refractivity contribution >= 4 is 17.6 Å². The number of amides is 3. The molecular weight excluding hydrogens is 302 g/mol. The summed E-state index contributed by atoms with van der Waals surface area (Å²) in [6.07, 6.45) is 0.359. The van der Waals surface area contributed by atoms with E-state index in [0.717, 1.165) is 18.8 Å². The lowest BCUT2D eigenvalue weighted by atomic mass is 10.1. The minimum absolute atomic E-state index is 0.0609. The molecule has 1 fully saturated rings. The van der Waals surface area contributed by atoms with Crippen molar-refractivity contribution in [3.05, 3.63) is 30.3 Å². The molecule has 1 N–H and O–H groups in total. The Kier molecular flexibility index (Phi) is 6.23. The normalized spacial score (nSPS) is 17.7. The number of carbonyl (C=O) groups is 2. The molecule has 0 spiro atoms. The smallest absolute Gasteiger partial charge is 0.317 e. The van der Waals surface area contributed by atoms with Gasteiger partial charge in [0.2, 0.25) is 5.91 Å². The molecule has 0 bridgehead atoms. The lowest BCUT2D eigenvalue weighted by Crippen LogP contribution is -2.48. The van der Waals surface area contributed by atoms with Gasteiger partial charge in [-0.05, 0) is 24.0 Å². The zero-order chi connectivity index (χ0) is 17.7. The number of hydrogen-bond donors (Lipinski definition) is 1. The molecule has 1 aromatic carbocycles. The Bertz CT molecular complexity index is 547. The van der Waals surface area contributed by atoms with E-state index in [0.29, 0.717) is 24.8 Å². The molecule has 1 saturated heterocycles. The highest BCUT2D eigenvalue weighted by Crippen LogP contribution is 2.21. The van der Waals surface area contributed by atoms with E-state index in [-0.39, 0.29) is 18.0 Å². The van der Waals surface area contributed by atoms with Crippen molar-refractivity contribution in [1.82, 2.24) is 10.2 Å². The van der Waals surface area contributed by atoms with Gasteiger partial charge in [0, 0.05) is 31.7 Å². The predicted octanol–water partition coefficient (Wildman–Crippen LogP) is 3.12. The number of para-hydroxylation sites is 1. The molecule has 24 heavy (non-hydrogen) atoms. The highest BCUT2D eigenvalue weighted by molar-refractivity contribution is 5.96. The van der Waals surface area contributed by atoms with Gasteiger partial charge in [0.05, 0.1) is 6.04 Å². The molecule has 1 aliphatic rings. The van der Waals surface area contributed by atoms with Crippen molar-refractivity contribution < 1.29 is 9.59 Å². The van der Waals surface area contributed by atoms with Crippen LogP contribution in [0.1, 0.15) is 34.1 Å². The van der Waals surface area contributed by atoms with E-state index in [1.807, 2.05) is 35.2 Å². The topological polar surface area (TPSA) is 52.7 Å². The van der Waals surface area contributed by atoms with Gasteiger partial charge in [0.15, 0.2) is 0 Å². The van der Waals surface area contributed by atoms with E-state index in [2.05, 4.69) is 33.0 Å². The number of hydrogen-bond acceptors (Lipinski definition) is 2. The van der Waals surface area contributed by atoms with E-state index >= 15 is 0 Å². The molecule has 0 saturated carbocycles. The Labute approximate surface area is 145 Å². The highest BCUT2D eigenvalue weighted by Gasteiger charge is 2.32. The molecule has 132 valence electrons. The van der Waals surface area contributed by atoms with Crippen LogP contribution in [0.3, 0.4) is 0 Å². The molecule has 5 heteroatoms. The maximum Gasteiger partial charge on any atom is 0.317 e. The fourth-order valence-electron chi connectivity index (χ4n) is 3.05. The number of nitrogens with zero attached hydrogens (tertiary/aromatic N) is 2. The van der Waals surface area contributed by atoms with Crippen LogP contribution >= 0.6 is 0 Å². The summed E-state index contributed by atoms with van der Waals surface area (Å²) < 4.78 is 0. The van der Waals surface area contributed by atoms with Gasteiger partial charge in [-0.2, -0.15) is 0 Å². The predicted molar refractivity (Wildman–Crippen MR) is 97.0 cm³/mol. The van der Waals surface area contributed by atoms with E-state index < -0.39 is 0 Å². The van der Waals surface area contributed by atoms with Crippen LogP contribution in [-0.4, -0.2) is 42.5 Å². The Morgan fingerprint density at radius 2 is 1.75 bits per heavy atom. The first-order chi connectivity index (χ1) is 11.4.